The van der Waals surface area contributed by atoms with Gasteiger partial charge in [0.25, 0.3) is 0 Å². The van der Waals surface area contributed by atoms with Crippen LogP contribution in [0.1, 0.15) is 22.3 Å². The van der Waals surface area contributed by atoms with Gasteiger partial charge in [0, 0.05) is 0 Å². The molecule has 0 fully saturated rings. The van der Waals surface area contributed by atoms with Crippen LogP contribution in [-0.4, -0.2) is 0 Å². The van der Waals surface area contributed by atoms with Gasteiger partial charge in [0.05, 0.1) is 0 Å². The van der Waals surface area contributed by atoms with Gasteiger partial charge in [-0.25, -0.2) is 0 Å². The minimum atomic E-state index is 1.17. The molecule has 46 heavy (non-hydrogen) atoms. The fraction of sp³-hybridized carbons (Fsp3) is 0. The molecule has 0 unspecified atom stereocenters. The Balaban J connectivity index is 1.39. The first-order valence-electron chi connectivity index (χ1n) is 15.9. The Kier molecular flexibility index (Phi) is 7.30. The molecule has 8 rings (SSSR count). The van der Waals surface area contributed by atoms with E-state index in [0.29, 0.717) is 0 Å². The molecule has 0 aliphatic carbocycles. The lowest BCUT2D eigenvalue weighted by molar-refractivity contribution is 1.60. The van der Waals surface area contributed by atoms with Gasteiger partial charge in [0.1, 0.15) is 0 Å². The molecule has 0 aliphatic heterocycles. The van der Waals surface area contributed by atoms with Gasteiger partial charge in [-0.1, -0.05) is 182 Å². The highest BCUT2D eigenvalue weighted by Gasteiger charge is 2.18. The standard InChI is InChI=1S/C46H32/c1-3-13-33(14-4-1)23-24-35-26-28-37(27-25-34-15-5-2-6-16-34)44(31-35)46-42-21-11-9-19-40(42)45(41-20-10-12-22-43(41)46)39-30-29-36-17-7-8-18-38(36)32-39/h1-32H/b24-23+,27-25+. The van der Waals surface area contributed by atoms with Crippen molar-refractivity contribution in [3.63, 3.8) is 0 Å². The summed E-state index contributed by atoms with van der Waals surface area (Å²) in [5.74, 6) is 0. The summed E-state index contributed by atoms with van der Waals surface area (Å²) in [6, 6.07) is 61.2. The van der Waals surface area contributed by atoms with E-state index < -0.39 is 0 Å². The molecule has 0 saturated carbocycles. The van der Waals surface area contributed by atoms with E-state index in [0.717, 1.165) is 0 Å². The average Bonchev–Trinajstić information content (AvgIpc) is 3.13. The molecule has 0 bridgehead atoms. The van der Waals surface area contributed by atoms with E-state index in [-0.39, 0.29) is 0 Å². The lowest BCUT2D eigenvalue weighted by Crippen LogP contribution is -1.93. The molecule has 0 heteroatoms. The largest absolute Gasteiger partial charge is 0.0622 e. The average molecular weight is 585 g/mol. The molecular weight excluding hydrogens is 553 g/mol. The van der Waals surface area contributed by atoms with Gasteiger partial charge in [0.2, 0.25) is 0 Å². The van der Waals surface area contributed by atoms with E-state index in [1.165, 1.54) is 76.8 Å². The zero-order chi connectivity index (χ0) is 30.7. The summed E-state index contributed by atoms with van der Waals surface area (Å²) in [7, 11) is 0. The van der Waals surface area contributed by atoms with Gasteiger partial charge in [0.15, 0.2) is 0 Å². The van der Waals surface area contributed by atoms with Crippen molar-refractivity contribution in [1.29, 1.82) is 0 Å². The van der Waals surface area contributed by atoms with Crippen molar-refractivity contribution < 1.29 is 0 Å². The summed E-state index contributed by atoms with van der Waals surface area (Å²) in [6.07, 6.45) is 8.89. The second kappa shape index (κ2) is 12.2. The Morgan fingerprint density at radius 1 is 0.304 bits per heavy atom. The van der Waals surface area contributed by atoms with Crippen LogP contribution in [0.2, 0.25) is 0 Å². The third-order valence-corrected chi connectivity index (χ3v) is 8.84. The minimum Gasteiger partial charge on any atom is -0.0622 e. The van der Waals surface area contributed by atoms with Gasteiger partial charge >= 0.3 is 0 Å². The highest BCUT2D eigenvalue weighted by molar-refractivity contribution is 6.22. The fourth-order valence-corrected chi connectivity index (χ4v) is 6.62. The zero-order valence-corrected chi connectivity index (χ0v) is 25.5. The summed E-state index contributed by atoms with van der Waals surface area (Å²) in [4.78, 5) is 0. The molecule has 0 aliphatic rings. The molecule has 0 amide bonds. The van der Waals surface area contributed by atoms with Crippen LogP contribution >= 0.6 is 0 Å². The second-order valence-corrected chi connectivity index (χ2v) is 11.7. The molecule has 0 heterocycles. The maximum atomic E-state index is 2.36. The molecule has 216 valence electrons. The molecular formula is C46H32. The maximum absolute atomic E-state index is 2.36. The van der Waals surface area contributed by atoms with E-state index in [4.69, 9.17) is 0 Å². The Labute approximate surface area is 270 Å². The maximum Gasteiger partial charge on any atom is -0.00201 e. The lowest BCUT2D eigenvalue weighted by Gasteiger charge is -2.19. The summed E-state index contributed by atoms with van der Waals surface area (Å²) in [6.45, 7) is 0. The quantitative estimate of drug-likeness (QED) is 0.135. The normalized spacial score (nSPS) is 11.7. The van der Waals surface area contributed by atoms with E-state index in [1.54, 1.807) is 0 Å². The van der Waals surface area contributed by atoms with Crippen LogP contribution in [0, 0.1) is 0 Å². The summed E-state index contributed by atoms with van der Waals surface area (Å²) in [5, 5.41) is 7.53. The fourth-order valence-electron chi connectivity index (χ4n) is 6.62. The molecule has 0 atom stereocenters. The Morgan fingerprint density at radius 2 is 0.804 bits per heavy atom. The first-order valence-corrected chi connectivity index (χ1v) is 15.9. The first kappa shape index (κ1) is 27.6. The van der Waals surface area contributed by atoms with E-state index in [1.807, 2.05) is 0 Å². The Bertz CT molecular complexity index is 2340. The third kappa shape index (κ3) is 5.31. The van der Waals surface area contributed by atoms with Crippen LogP contribution in [0.5, 0.6) is 0 Å². The van der Waals surface area contributed by atoms with Gasteiger partial charge in [-0.2, -0.15) is 0 Å². The predicted octanol–water partition coefficient (Wildman–Crippen LogP) is 12.8. The molecule has 0 aromatic heterocycles. The van der Waals surface area contributed by atoms with E-state index in [2.05, 4.69) is 194 Å². The van der Waals surface area contributed by atoms with E-state index >= 15 is 0 Å². The zero-order valence-electron chi connectivity index (χ0n) is 25.5. The highest BCUT2D eigenvalue weighted by Crippen LogP contribution is 2.45. The molecule has 8 aromatic carbocycles. The van der Waals surface area contributed by atoms with Crippen LogP contribution in [0.4, 0.5) is 0 Å². The van der Waals surface area contributed by atoms with Crippen LogP contribution in [0.25, 0.3) is 78.9 Å². The summed E-state index contributed by atoms with van der Waals surface area (Å²) in [5.41, 5.74) is 9.73. The van der Waals surface area contributed by atoms with Crippen molar-refractivity contribution in [3.05, 3.63) is 192 Å². The van der Waals surface area contributed by atoms with Crippen LogP contribution < -0.4 is 0 Å². The van der Waals surface area contributed by atoms with Crippen LogP contribution in [0.3, 0.4) is 0 Å². The molecule has 8 aromatic rings. The lowest BCUT2D eigenvalue weighted by atomic mass is 9.84. The van der Waals surface area contributed by atoms with Gasteiger partial charge in [-0.3, -0.25) is 0 Å². The van der Waals surface area contributed by atoms with Gasteiger partial charge < -0.3 is 0 Å². The predicted molar refractivity (Wildman–Crippen MR) is 201 cm³/mol. The molecule has 0 N–H and O–H groups in total. The molecule has 0 nitrogen and oxygen atoms in total. The molecule has 0 radical (unpaired) electrons. The Morgan fingerprint density at radius 3 is 1.43 bits per heavy atom. The van der Waals surface area contributed by atoms with Gasteiger partial charge in [-0.05, 0) is 89.0 Å². The number of hydrogen-bond donors (Lipinski definition) is 0. The second-order valence-electron chi connectivity index (χ2n) is 11.7. The van der Waals surface area contributed by atoms with Crippen molar-refractivity contribution in [3.8, 4) is 22.3 Å². The smallest absolute Gasteiger partial charge is 0.00201 e. The van der Waals surface area contributed by atoms with Crippen molar-refractivity contribution in [1.82, 2.24) is 0 Å². The summed E-state index contributed by atoms with van der Waals surface area (Å²) < 4.78 is 0. The van der Waals surface area contributed by atoms with E-state index in [9.17, 15) is 0 Å². The number of fused-ring (bicyclic) bond motifs is 3. The van der Waals surface area contributed by atoms with Crippen molar-refractivity contribution in [2.45, 2.75) is 0 Å². The van der Waals surface area contributed by atoms with Crippen LogP contribution in [-0.2, 0) is 0 Å². The minimum absolute atomic E-state index is 1.17. The number of rotatable bonds is 6. The molecule has 0 saturated heterocycles. The Hall–Kier alpha value is -5.98. The monoisotopic (exact) mass is 584 g/mol. The SMILES string of the molecule is C(=C\c1ccc(/C=C/c2ccccc2)c(-c2c3ccccc3c(-c3ccc4ccccc4c3)c3ccccc23)c1)/c1ccccc1. The summed E-state index contributed by atoms with van der Waals surface area (Å²) >= 11 is 0. The molecule has 0 spiro atoms. The third-order valence-electron chi connectivity index (χ3n) is 8.84. The first-order chi connectivity index (χ1) is 22.8. The topological polar surface area (TPSA) is 0 Å². The number of benzene rings is 8. The van der Waals surface area contributed by atoms with Crippen LogP contribution in [0.15, 0.2) is 170 Å². The van der Waals surface area contributed by atoms with Crippen molar-refractivity contribution >= 4 is 56.6 Å². The number of hydrogen-bond acceptors (Lipinski definition) is 0. The highest BCUT2D eigenvalue weighted by atomic mass is 14.2. The van der Waals surface area contributed by atoms with Crippen molar-refractivity contribution in [2.24, 2.45) is 0 Å². The van der Waals surface area contributed by atoms with Gasteiger partial charge in [-0.15, -0.1) is 0 Å². The van der Waals surface area contributed by atoms with Crippen molar-refractivity contribution in [2.75, 3.05) is 0 Å².